The molecule has 3 heteroatoms. The van der Waals surface area contributed by atoms with Gasteiger partial charge in [0.1, 0.15) is 0 Å². The van der Waals surface area contributed by atoms with Crippen molar-refractivity contribution < 1.29 is 0 Å². The van der Waals surface area contributed by atoms with Gasteiger partial charge in [-0.25, -0.2) is 0 Å². The highest BCUT2D eigenvalue weighted by molar-refractivity contribution is 7.10. The lowest BCUT2D eigenvalue weighted by molar-refractivity contribution is 0.201. The van der Waals surface area contributed by atoms with E-state index in [0.717, 1.165) is 19.6 Å². The zero-order valence-corrected chi connectivity index (χ0v) is 12.8. The number of nitrogens with zero attached hydrogens (tertiary/aromatic N) is 1. The molecule has 106 valence electrons. The summed E-state index contributed by atoms with van der Waals surface area (Å²) in [6, 6.07) is 13.5. The lowest BCUT2D eigenvalue weighted by Gasteiger charge is -2.33. The molecular weight excluding hydrogens is 264 g/mol. The molecule has 0 amide bonds. The van der Waals surface area contributed by atoms with Gasteiger partial charge in [0.2, 0.25) is 0 Å². The monoisotopic (exact) mass is 286 g/mol. The Balaban J connectivity index is 1.46. The van der Waals surface area contributed by atoms with Gasteiger partial charge in [-0.2, -0.15) is 0 Å². The summed E-state index contributed by atoms with van der Waals surface area (Å²) >= 11 is 1.91. The molecule has 0 saturated heterocycles. The molecule has 1 aromatic carbocycles. The zero-order chi connectivity index (χ0) is 13.8. The predicted molar refractivity (Wildman–Crippen MR) is 86.2 cm³/mol. The van der Waals surface area contributed by atoms with E-state index in [1.807, 2.05) is 11.3 Å². The third-order valence-electron chi connectivity index (χ3n) is 4.15. The van der Waals surface area contributed by atoms with Crippen LogP contribution in [0.1, 0.15) is 29.0 Å². The van der Waals surface area contributed by atoms with E-state index in [1.165, 1.54) is 18.5 Å². The maximum atomic E-state index is 3.55. The third-order valence-corrected chi connectivity index (χ3v) is 5.15. The van der Waals surface area contributed by atoms with Crippen LogP contribution in [0.15, 0.2) is 41.8 Å². The molecule has 1 aliphatic rings. The molecular formula is C17H22N2S. The number of hydrogen-bond donors (Lipinski definition) is 1. The summed E-state index contributed by atoms with van der Waals surface area (Å²) in [5.74, 6) is 0. The second-order valence-electron chi connectivity index (χ2n) is 5.42. The molecule has 1 N–H and O–H groups in total. The van der Waals surface area contributed by atoms with Crippen LogP contribution in [-0.4, -0.2) is 24.5 Å². The summed E-state index contributed by atoms with van der Waals surface area (Å²) in [5, 5.41) is 5.78. The molecule has 0 fully saturated rings. The van der Waals surface area contributed by atoms with E-state index in [9.17, 15) is 0 Å². The summed E-state index contributed by atoms with van der Waals surface area (Å²) in [4.78, 5) is 4.18. The summed E-state index contributed by atoms with van der Waals surface area (Å²) in [6.07, 6.45) is 1.22. The summed E-state index contributed by atoms with van der Waals surface area (Å²) < 4.78 is 0. The second kappa shape index (κ2) is 6.53. The van der Waals surface area contributed by atoms with Gasteiger partial charge in [-0.1, -0.05) is 30.3 Å². The van der Waals surface area contributed by atoms with Crippen LogP contribution in [0.4, 0.5) is 0 Å². The Kier molecular flexibility index (Phi) is 4.51. The molecule has 2 heterocycles. The molecule has 1 aromatic heterocycles. The van der Waals surface area contributed by atoms with E-state index >= 15 is 0 Å². The topological polar surface area (TPSA) is 15.3 Å². The molecule has 0 saturated carbocycles. The first kappa shape index (κ1) is 13.8. The van der Waals surface area contributed by atoms with Crippen LogP contribution in [0.3, 0.4) is 0 Å². The first-order valence-electron chi connectivity index (χ1n) is 7.39. The zero-order valence-electron chi connectivity index (χ0n) is 12.0. The number of hydrogen-bond acceptors (Lipinski definition) is 3. The minimum absolute atomic E-state index is 0.573. The Labute approximate surface area is 125 Å². The quantitative estimate of drug-likeness (QED) is 0.847. The lowest BCUT2D eigenvalue weighted by atomic mass is 10.0. The molecule has 0 spiro atoms. The molecule has 1 unspecified atom stereocenters. The summed E-state index contributed by atoms with van der Waals surface area (Å²) in [5.41, 5.74) is 2.91. The first-order chi connectivity index (χ1) is 9.84. The molecule has 0 bridgehead atoms. The van der Waals surface area contributed by atoms with Crippen LogP contribution in [0.25, 0.3) is 0 Å². The van der Waals surface area contributed by atoms with Gasteiger partial charge in [0.25, 0.3) is 0 Å². The average molecular weight is 286 g/mol. The highest BCUT2D eigenvalue weighted by atomic mass is 32.1. The predicted octanol–water partition coefficient (Wildman–Crippen LogP) is 3.46. The standard InChI is InChI=1S/C17H22N2S/c1-14-16-8-12-20-17(16)7-10-19(14)11-9-18-13-15-5-3-2-4-6-15/h2-6,8,12,14,18H,7,9-11,13H2,1H3. The third kappa shape index (κ3) is 3.11. The van der Waals surface area contributed by atoms with Gasteiger partial charge in [0.05, 0.1) is 0 Å². The maximum absolute atomic E-state index is 3.55. The van der Waals surface area contributed by atoms with Crippen molar-refractivity contribution in [3.8, 4) is 0 Å². The Morgan fingerprint density at radius 3 is 2.95 bits per heavy atom. The van der Waals surface area contributed by atoms with Crippen molar-refractivity contribution in [1.82, 2.24) is 10.2 Å². The van der Waals surface area contributed by atoms with Crippen molar-refractivity contribution in [2.45, 2.75) is 25.9 Å². The first-order valence-corrected chi connectivity index (χ1v) is 8.27. The fraction of sp³-hybridized carbons (Fsp3) is 0.412. The van der Waals surface area contributed by atoms with Gasteiger partial charge in [-0.15, -0.1) is 11.3 Å². The number of fused-ring (bicyclic) bond motifs is 1. The Morgan fingerprint density at radius 1 is 1.25 bits per heavy atom. The van der Waals surface area contributed by atoms with Gasteiger partial charge in [-0.05, 0) is 35.9 Å². The normalized spacial score (nSPS) is 18.9. The minimum atomic E-state index is 0.573. The van der Waals surface area contributed by atoms with Gasteiger partial charge >= 0.3 is 0 Å². The summed E-state index contributed by atoms with van der Waals surface area (Å²) in [7, 11) is 0. The van der Waals surface area contributed by atoms with Gasteiger partial charge in [-0.3, -0.25) is 4.90 Å². The van der Waals surface area contributed by atoms with E-state index in [-0.39, 0.29) is 0 Å². The minimum Gasteiger partial charge on any atom is -0.311 e. The molecule has 20 heavy (non-hydrogen) atoms. The van der Waals surface area contributed by atoms with E-state index < -0.39 is 0 Å². The van der Waals surface area contributed by atoms with Gasteiger partial charge < -0.3 is 5.32 Å². The highest BCUT2D eigenvalue weighted by Gasteiger charge is 2.23. The van der Waals surface area contributed by atoms with Crippen molar-refractivity contribution in [3.05, 3.63) is 57.8 Å². The SMILES string of the molecule is CC1c2ccsc2CCN1CCNCc1ccccc1. The van der Waals surface area contributed by atoms with Crippen LogP contribution < -0.4 is 5.32 Å². The fourth-order valence-electron chi connectivity index (χ4n) is 2.92. The van der Waals surface area contributed by atoms with Crippen molar-refractivity contribution >= 4 is 11.3 Å². The van der Waals surface area contributed by atoms with Crippen molar-refractivity contribution in [2.75, 3.05) is 19.6 Å². The molecule has 2 nitrogen and oxygen atoms in total. The maximum Gasteiger partial charge on any atom is 0.0331 e. The number of nitrogens with one attached hydrogen (secondary N) is 1. The largest absolute Gasteiger partial charge is 0.311 e. The summed E-state index contributed by atoms with van der Waals surface area (Å²) in [6.45, 7) is 6.68. The van der Waals surface area contributed by atoms with Crippen molar-refractivity contribution in [1.29, 1.82) is 0 Å². The smallest absolute Gasteiger partial charge is 0.0331 e. The van der Waals surface area contributed by atoms with Crippen LogP contribution in [0.5, 0.6) is 0 Å². The number of thiophene rings is 1. The van der Waals surface area contributed by atoms with Gasteiger partial charge in [0, 0.05) is 37.1 Å². The average Bonchev–Trinajstić information content (AvgIpc) is 2.96. The van der Waals surface area contributed by atoms with Crippen LogP contribution in [0, 0.1) is 0 Å². The Hall–Kier alpha value is -1.16. The number of benzene rings is 1. The van der Waals surface area contributed by atoms with E-state index in [1.54, 1.807) is 10.4 Å². The fourth-order valence-corrected chi connectivity index (χ4v) is 3.88. The van der Waals surface area contributed by atoms with Crippen molar-refractivity contribution in [3.63, 3.8) is 0 Å². The van der Waals surface area contributed by atoms with Crippen LogP contribution in [-0.2, 0) is 13.0 Å². The van der Waals surface area contributed by atoms with Crippen LogP contribution >= 0.6 is 11.3 Å². The molecule has 0 radical (unpaired) electrons. The van der Waals surface area contributed by atoms with E-state index in [2.05, 4.69) is 58.9 Å². The second-order valence-corrected chi connectivity index (χ2v) is 6.42. The molecule has 3 rings (SSSR count). The molecule has 1 aliphatic heterocycles. The molecule has 2 aromatic rings. The molecule has 1 atom stereocenters. The van der Waals surface area contributed by atoms with E-state index in [0.29, 0.717) is 6.04 Å². The van der Waals surface area contributed by atoms with Gasteiger partial charge in [0.15, 0.2) is 0 Å². The van der Waals surface area contributed by atoms with Crippen LogP contribution in [0.2, 0.25) is 0 Å². The Bertz CT molecular complexity index is 535. The van der Waals surface area contributed by atoms with Crippen molar-refractivity contribution in [2.24, 2.45) is 0 Å². The highest BCUT2D eigenvalue weighted by Crippen LogP contribution is 2.32. The lowest BCUT2D eigenvalue weighted by Crippen LogP contribution is -2.38. The molecule has 0 aliphatic carbocycles. The Morgan fingerprint density at radius 2 is 2.10 bits per heavy atom. The van der Waals surface area contributed by atoms with E-state index in [4.69, 9.17) is 0 Å². The number of rotatable bonds is 5.